The number of nitrogens with one attached hydrogen (secondary N) is 1. The van der Waals surface area contributed by atoms with Crippen molar-refractivity contribution < 1.29 is 4.74 Å². The second kappa shape index (κ2) is 7.24. The van der Waals surface area contributed by atoms with Gasteiger partial charge in [0.05, 0.1) is 12.2 Å². The number of hydrogen-bond donors (Lipinski definition) is 1. The number of rotatable bonds is 6. The molecule has 3 rings (SSSR count). The molecule has 3 nitrogen and oxygen atoms in total. The number of nitrogens with zero attached hydrogens (tertiary/aromatic N) is 1. The van der Waals surface area contributed by atoms with Crippen LogP contribution in [0.1, 0.15) is 64.7 Å². The first-order chi connectivity index (χ1) is 9.85. The molecule has 3 aliphatic rings. The van der Waals surface area contributed by atoms with Gasteiger partial charge in [0.15, 0.2) is 0 Å². The van der Waals surface area contributed by atoms with Crippen LogP contribution in [0.5, 0.6) is 0 Å². The highest BCUT2D eigenvalue weighted by Crippen LogP contribution is 2.25. The topological polar surface area (TPSA) is 24.5 Å². The molecule has 0 radical (unpaired) electrons. The van der Waals surface area contributed by atoms with E-state index in [0.717, 1.165) is 18.6 Å². The molecular formula is C17H32N2O. The Morgan fingerprint density at radius 2 is 1.85 bits per heavy atom. The molecule has 2 heterocycles. The third kappa shape index (κ3) is 4.19. The smallest absolute Gasteiger partial charge is 0.0707 e. The lowest BCUT2D eigenvalue weighted by Crippen LogP contribution is -2.40. The van der Waals surface area contributed by atoms with Gasteiger partial charge in [-0.15, -0.1) is 0 Å². The first kappa shape index (κ1) is 14.8. The fourth-order valence-electron chi connectivity index (χ4n) is 3.85. The first-order valence-electron chi connectivity index (χ1n) is 8.98. The lowest BCUT2D eigenvalue weighted by molar-refractivity contribution is 0.0142. The van der Waals surface area contributed by atoms with Crippen LogP contribution in [0.2, 0.25) is 0 Å². The molecule has 0 spiro atoms. The summed E-state index contributed by atoms with van der Waals surface area (Å²) in [6.07, 6.45) is 13.2. The van der Waals surface area contributed by atoms with E-state index in [1.54, 1.807) is 0 Å². The van der Waals surface area contributed by atoms with Gasteiger partial charge in [-0.25, -0.2) is 0 Å². The van der Waals surface area contributed by atoms with E-state index in [1.165, 1.54) is 70.9 Å². The molecule has 0 aromatic rings. The van der Waals surface area contributed by atoms with E-state index in [4.69, 9.17) is 4.74 Å². The molecule has 1 N–H and O–H groups in total. The minimum absolute atomic E-state index is 0.479. The summed E-state index contributed by atoms with van der Waals surface area (Å²) in [5.74, 6) is 0. The Bertz CT molecular complexity index is 293. The largest absolute Gasteiger partial charge is 0.372 e. The van der Waals surface area contributed by atoms with Crippen LogP contribution in [0.4, 0.5) is 0 Å². The van der Waals surface area contributed by atoms with Crippen LogP contribution in [-0.4, -0.2) is 48.8 Å². The van der Waals surface area contributed by atoms with Crippen molar-refractivity contribution >= 4 is 0 Å². The standard InChI is InChI=1S/C17H32N2O/c1-2-15-6-4-3-5-11-19(15)13-17-10-9-16(20-17)12-18-14-7-8-14/h14-18H,2-13H2,1H3. The molecule has 1 saturated carbocycles. The Hall–Kier alpha value is -0.120. The number of hydrogen-bond acceptors (Lipinski definition) is 3. The highest BCUT2D eigenvalue weighted by Gasteiger charge is 2.30. The zero-order valence-corrected chi connectivity index (χ0v) is 13.2. The lowest BCUT2D eigenvalue weighted by atomic mass is 10.1. The van der Waals surface area contributed by atoms with Crippen LogP contribution in [0.25, 0.3) is 0 Å². The van der Waals surface area contributed by atoms with Gasteiger partial charge in [0.1, 0.15) is 0 Å². The van der Waals surface area contributed by atoms with E-state index in [1.807, 2.05) is 0 Å². The van der Waals surface area contributed by atoms with Crippen LogP contribution >= 0.6 is 0 Å². The Morgan fingerprint density at radius 3 is 2.65 bits per heavy atom. The molecule has 0 aromatic heterocycles. The van der Waals surface area contributed by atoms with E-state index in [-0.39, 0.29) is 0 Å². The minimum atomic E-state index is 0.479. The Labute approximate surface area is 124 Å². The summed E-state index contributed by atoms with van der Waals surface area (Å²) in [5, 5.41) is 3.61. The van der Waals surface area contributed by atoms with E-state index < -0.39 is 0 Å². The van der Waals surface area contributed by atoms with E-state index in [9.17, 15) is 0 Å². The van der Waals surface area contributed by atoms with Crippen LogP contribution in [0.3, 0.4) is 0 Å². The average molecular weight is 280 g/mol. The maximum absolute atomic E-state index is 6.27. The summed E-state index contributed by atoms with van der Waals surface area (Å²) in [6.45, 7) is 5.90. The van der Waals surface area contributed by atoms with Gasteiger partial charge in [0, 0.05) is 25.2 Å². The van der Waals surface area contributed by atoms with E-state index >= 15 is 0 Å². The van der Waals surface area contributed by atoms with Crippen molar-refractivity contribution in [2.24, 2.45) is 0 Å². The summed E-state index contributed by atoms with van der Waals surface area (Å²) >= 11 is 0. The molecule has 2 saturated heterocycles. The fourth-order valence-corrected chi connectivity index (χ4v) is 3.85. The molecule has 3 unspecified atom stereocenters. The molecule has 2 aliphatic heterocycles. The van der Waals surface area contributed by atoms with Crippen LogP contribution < -0.4 is 5.32 Å². The zero-order valence-electron chi connectivity index (χ0n) is 13.2. The van der Waals surface area contributed by atoms with Crippen molar-refractivity contribution in [3.8, 4) is 0 Å². The molecule has 3 atom stereocenters. The van der Waals surface area contributed by atoms with Crippen molar-refractivity contribution in [1.82, 2.24) is 10.2 Å². The van der Waals surface area contributed by atoms with Crippen molar-refractivity contribution in [3.05, 3.63) is 0 Å². The maximum Gasteiger partial charge on any atom is 0.0707 e. The van der Waals surface area contributed by atoms with Gasteiger partial charge in [-0.2, -0.15) is 0 Å². The minimum Gasteiger partial charge on any atom is -0.372 e. The van der Waals surface area contributed by atoms with Crippen LogP contribution in [0.15, 0.2) is 0 Å². The molecule has 3 fully saturated rings. The first-order valence-corrected chi connectivity index (χ1v) is 8.98. The van der Waals surface area contributed by atoms with Gasteiger partial charge in [0.25, 0.3) is 0 Å². The second-order valence-corrected chi connectivity index (χ2v) is 7.05. The molecule has 3 heteroatoms. The summed E-state index contributed by atoms with van der Waals surface area (Å²) in [6, 6.07) is 1.62. The summed E-state index contributed by atoms with van der Waals surface area (Å²) < 4.78 is 6.27. The van der Waals surface area contributed by atoms with Gasteiger partial charge in [-0.05, 0) is 51.5 Å². The third-order valence-electron chi connectivity index (χ3n) is 5.32. The van der Waals surface area contributed by atoms with E-state index in [0.29, 0.717) is 12.2 Å². The zero-order chi connectivity index (χ0) is 13.8. The van der Waals surface area contributed by atoms with Crippen molar-refractivity contribution in [2.45, 2.75) is 89.0 Å². The molecule has 116 valence electrons. The maximum atomic E-state index is 6.27. The quantitative estimate of drug-likeness (QED) is 0.809. The predicted molar refractivity (Wildman–Crippen MR) is 83.0 cm³/mol. The Morgan fingerprint density at radius 1 is 1.00 bits per heavy atom. The van der Waals surface area contributed by atoms with Crippen LogP contribution in [-0.2, 0) is 4.74 Å². The predicted octanol–water partition coefficient (Wildman–Crippen LogP) is 2.94. The van der Waals surface area contributed by atoms with Crippen molar-refractivity contribution in [1.29, 1.82) is 0 Å². The Kier molecular flexibility index (Phi) is 5.36. The van der Waals surface area contributed by atoms with Gasteiger partial charge in [-0.1, -0.05) is 19.8 Å². The summed E-state index contributed by atoms with van der Waals surface area (Å²) in [4.78, 5) is 2.73. The molecule has 1 aliphatic carbocycles. The second-order valence-electron chi connectivity index (χ2n) is 7.05. The fraction of sp³-hybridized carbons (Fsp3) is 1.00. The van der Waals surface area contributed by atoms with Gasteiger partial charge >= 0.3 is 0 Å². The SMILES string of the molecule is CCC1CCCCCN1CC1CCC(CNC2CC2)O1. The van der Waals surface area contributed by atoms with Crippen molar-refractivity contribution in [3.63, 3.8) is 0 Å². The number of ether oxygens (including phenoxy) is 1. The molecule has 0 amide bonds. The number of likely N-dealkylation sites (tertiary alicyclic amines) is 1. The highest BCUT2D eigenvalue weighted by atomic mass is 16.5. The van der Waals surface area contributed by atoms with Gasteiger partial charge < -0.3 is 10.1 Å². The summed E-state index contributed by atoms with van der Waals surface area (Å²) in [5.41, 5.74) is 0. The monoisotopic (exact) mass is 280 g/mol. The molecule has 0 bridgehead atoms. The Balaban J connectivity index is 1.42. The van der Waals surface area contributed by atoms with Crippen LogP contribution in [0, 0.1) is 0 Å². The lowest BCUT2D eigenvalue weighted by Gasteiger charge is -2.31. The molecular weight excluding hydrogens is 248 g/mol. The third-order valence-corrected chi connectivity index (χ3v) is 5.32. The normalized spacial score (nSPS) is 36.1. The average Bonchev–Trinajstić information content (AvgIpc) is 3.22. The van der Waals surface area contributed by atoms with E-state index in [2.05, 4.69) is 17.1 Å². The molecule has 20 heavy (non-hydrogen) atoms. The van der Waals surface area contributed by atoms with Gasteiger partial charge in [-0.3, -0.25) is 4.90 Å². The van der Waals surface area contributed by atoms with Gasteiger partial charge in [0.2, 0.25) is 0 Å². The molecule has 0 aromatic carbocycles. The highest BCUT2D eigenvalue weighted by molar-refractivity contribution is 4.85. The van der Waals surface area contributed by atoms with Crippen molar-refractivity contribution in [2.75, 3.05) is 19.6 Å². The summed E-state index contributed by atoms with van der Waals surface area (Å²) in [7, 11) is 0.